The number of allylic oxidation sites excluding steroid dienone is 1. The summed E-state index contributed by atoms with van der Waals surface area (Å²) in [7, 11) is 0. The molecule has 2 nitrogen and oxygen atoms in total. The summed E-state index contributed by atoms with van der Waals surface area (Å²) in [5, 5.41) is 11.0. The number of fused-ring (bicyclic) bond motifs is 3. The van der Waals surface area contributed by atoms with Gasteiger partial charge in [-0.2, -0.15) is 12.6 Å². The van der Waals surface area contributed by atoms with E-state index in [2.05, 4.69) is 46.8 Å². The van der Waals surface area contributed by atoms with E-state index in [9.17, 15) is 5.11 Å². The maximum atomic E-state index is 11.0. The van der Waals surface area contributed by atoms with Crippen molar-refractivity contribution >= 4 is 12.6 Å². The molecular weight excluding hydrogens is 340 g/mol. The lowest BCUT2D eigenvalue weighted by atomic mass is 9.54. The van der Waals surface area contributed by atoms with Crippen molar-refractivity contribution in [2.75, 3.05) is 0 Å². The van der Waals surface area contributed by atoms with Gasteiger partial charge in [-0.3, -0.25) is 0 Å². The van der Waals surface area contributed by atoms with Crippen molar-refractivity contribution in [3.8, 4) is 11.5 Å². The number of aryl methyl sites for hydroxylation is 1. The second kappa shape index (κ2) is 6.82. The molecular formula is C23H34O2S. The van der Waals surface area contributed by atoms with Gasteiger partial charge in [0.1, 0.15) is 17.1 Å². The van der Waals surface area contributed by atoms with Gasteiger partial charge in [0.05, 0.1) is 10.3 Å². The second-order valence-corrected chi connectivity index (χ2v) is 9.46. The van der Waals surface area contributed by atoms with Crippen LogP contribution in [0.2, 0.25) is 0 Å². The van der Waals surface area contributed by atoms with E-state index in [1.807, 2.05) is 6.07 Å². The van der Waals surface area contributed by atoms with Crippen LogP contribution in [0.3, 0.4) is 0 Å². The predicted octanol–water partition coefficient (Wildman–Crippen LogP) is 6.56. The summed E-state index contributed by atoms with van der Waals surface area (Å²) >= 11 is 5.27. The van der Waals surface area contributed by atoms with Gasteiger partial charge in [0, 0.05) is 5.41 Å². The lowest BCUT2D eigenvalue weighted by Crippen LogP contribution is -2.61. The van der Waals surface area contributed by atoms with Crippen molar-refractivity contribution in [1.29, 1.82) is 0 Å². The van der Waals surface area contributed by atoms with Gasteiger partial charge in [-0.1, -0.05) is 38.3 Å². The van der Waals surface area contributed by atoms with Gasteiger partial charge in [0.25, 0.3) is 0 Å². The number of benzene rings is 1. The van der Waals surface area contributed by atoms with Crippen LogP contribution >= 0.6 is 12.6 Å². The Morgan fingerprint density at radius 2 is 1.92 bits per heavy atom. The summed E-state index contributed by atoms with van der Waals surface area (Å²) in [5.74, 6) is 1.15. The minimum atomic E-state index is -0.507. The smallest absolute Gasteiger partial charge is 0.129 e. The van der Waals surface area contributed by atoms with Crippen LogP contribution in [0.25, 0.3) is 0 Å². The van der Waals surface area contributed by atoms with E-state index in [1.165, 1.54) is 18.4 Å². The van der Waals surface area contributed by atoms with Crippen LogP contribution in [-0.2, 0) is 11.2 Å². The summed E-state index contributed by atoms with van der Waals surface area (Å²) in [6, 6.07) is 4.08. The van der Waals surface area contributed by atoms with Gasteiger partial charge in [-0.25, -0.2) is 0 Å². The Balaban J connectivity index is 2.17. The Hall–Kier alpha value is -1.09. The fraction of sp³-hybridized carbons (Fsp3) is 0.652. The van der Waals surface area contributed by atoms with Gasteiger partial charge in [0.15, 0.2) is 0 Å². The highest BCUT2D eigenvalue weighted by molar-refractivity contribution is 7.81. The number of phenols is 1. The molecule has 0 aromatic heterocycles. The average Bonchev–Trinajstić information content (AvgIpc) is 2.53. The van der Waals surface area contributed by atoms with E-state index in [-0.39, 0.29) is 11.0 Å². The normalized spacial score (nSPS) is 29.4. The third kappa shape index (κ3) is 2.78. The number of thiol groups is 1. The highest BCUT2D eigenvalue weighted by Crippen LogP contribution is 2.67. The largest absolute Gasteiger partial charge is 0.507 e. The van der Waals surface area contributed by atoms with Crippen LogP contribution in [0.1, 0.15) is 84.3 Å². The topological polar surface area (TPSA) is 29.5 Å². The Bertz CT molecular complexity index is 721. The maximum absolute atomic E-state index is 11.0. The summed E-state index contributed by atoms with van der Waals surface area (Å²) in [6.45, 7) is 11.0. The van der Waals surface area contributed by atoms with Crippen molar-refractivity contribution in [2.24, 2.45) is 5.41 Å². The minimum Gasteiger partial charge on any atom is -0.507 e. The van der Waals surface area contributed by atoms with E-state index in [1.54, 1.807) is 0 Å². The standard InChI is InChI=1S/C23H34O2S/c1-6-8-9-10-17-13-18(24)20-19(14-17)25-21(4,5)22(7-2)12-11-16(3)15-23(20,22)26/h13-15,24,26H,6-12H2,1-5H3/t22-,23+/m0/s1. The molecule has 0 amide bonds. The molecule has 3 rings (SSSR count). The van der Waals surface area contributed by atoms with Gasteiger partial charge >= 0.3 is 0 Å². The first-order chi connectivity index (χ1) is 12.2. The Labute approximate surface area is 164 Å². The Morgan fingerprint density at radius 3 is 2.58 bits per heavy atom. The number of unbranched alkanes of at least 4 members (excludes halogenated alkanes) is 2. The molecule has 26 heavy (non-hydrogen) atoms. The van der Waals surface area contributed by atoms with Crippen LogP contribution in [-0.4, -0.2) is 10.7 Å². The van der Waals surface area contributed by atoms with Crippen LogP contribution in [0, 0.1) is 5.41 Å². The van der Waals surface area contributed by atoms with Crippen molar-refractivity contribution in [1.82, 2.24) is 0 Å². The Morgan fingerprint density at radius 1 is 1.19 bits per heavy atom. The highest BCUT2D eigenvalue weighted by atomic mass is 32.1. The lowest BCUT2D eigenvalue weighted by molar-refractivity contribution is -0.0810. The molecule has 0 fully saturated rings. The van der Waals surface area contributed by atoms with E-state index in [4.69, 9.17) is 17.4 Å². The number of hydrogen-bond acceptors (Lipinski definition) is 3. The fourth-order valence-corrected chi connectivity index (χ4v) is 6.31. The van der Waals surface area contributed by atoms with Gasteiger partial charge in [-0.05, 0) is 70.6 Å². The van der Waals surface area contributed by atoms with Crippen LogP contribution in [0.4, 0.5) is 0 Å². The molecule has 3 heteroatoms. The molecule has 144 valence electrons. The van der Waals surface area contributed by atoms with Crippen molar-refractivity contribution in [3.63, 3.8) is 0 Å². The third-order valence-electron chi connectivity index (χ3n) is 6.84. The predicted molar refractivity (Wildman–Crippen MR) is 112 cm³/mol. The van der Waals surface area contributed by atoms with Crippen molar-refractivity contribution in [3.05, 3.63) is 34.9 Å². The maximum Gasteiger partial charge on any atom is 0.129 e. The van der Waals surface area contributed by atoms with Crippen LogP contribution in [0.5, 0.6) is 11.5 Å². The number of rotatable bonds is 5. The Kier molecular flexibility index (Phi) is 5.16. The van der Waals surface area contributed by atoms with Crippen molar-refractivity contribution in [2.45, 2.75) is 89.9 Å². The molecule has 1 aliphatic carbocycles. The van der Waals surface area contributed by atoms with Gasteiger partial charge in [0.2, 0.25) is 0 Å². The second-order valence-electron chi connectivity index (χ2n) is 8.75. The number of hydrogen-bond donors (Lipinski definition) is 2. The van der Waals surface area contributed by atoms with Crippen LogP contribution in [0.15, 0.2) is 23.8 Å². The number of phenolic OH excluding ortho intramolecular Hbond substituents is 1. The average molecular weight is 375 g/mol. The van der Waals surface area contributed by atoms with E-state index >= 15 is 0 Å². The minimum absolute atomic E-state index is 0.142. The molecule has 1 N–H and O–H groups in total. The van der Waals surface area contributed by atoms with E-state index in [0.717, 1.165) is 49.0 Å². The molecule has 0 saturated heterocycles. The zero-order valence-corrected chi connectivity index (χ0v) is 17.9. The first kappa shape index (κ1) is 19.7. The summed E-state index contributed by atoms with van der Waals surface area (Å²) < 4.78 is 6.07. The first-order valence-corrected chi connectivity index (χ1v) is 10.6. The number of ether oxygens (including phenoxy) is 1. The molecule has 0 bridgehead atoms. The fourth-order valence-electron chi connectivity index (χ4n) is 5.33. The molecule has 1 aliphatic heterocycles. The SMILES string of the molecule is CCCCCc1cc(O)c2c(c1)OC(C)(C)[C@]1(CC)CCC(C)=C[C@@]21S. The quantitative estimate of drug-likeness (QED) is 0.347. The highest BCUT2D eigenvalue weighted by Gasteiger charge is 2.63. The molecule has 1 aromatic rings. The zero-order chi connectivity index (χ0) is 19.2. The molecule has 0 spiro atoms. The summed E-state index contributed by atoms with van der Waals surface area (Å²) in [4.78, 5) is 0. The van der Waals surface area contributed by atoms with Gasteiger partial charge in [-0.15, -0.1) is 0 Å². The summed E-state index contributed by atoms with van der Waals surface area (Å²) in [5.41, 5.74) is 2.88. The molecule has 2 atom stereocenters. The zero-order valence-electron chi connectivity index (χ0n) is 17.0. The number of aromatic hydroxyl groups is 1. The molecule has 0 radical (unpaired) electrons. The third-order valence-corrected chi connectivity index (χ3v) is 7.62. The van der Waals surface area contributed by atoms with E-state index in [0.29, 0.717) is 5.75 Å². The molecule has 0 saturated carbocycles. The lowest BCUT2D eigenvalue weighted by Gasteiger charge is -2.60. The molecule has 0 unspecified atom stereocenters. The molecule has 2 aliphatic rings. The van der Waals surface area contributed by atoms with Crippen LogP contribution < -0.4 is 4.74 Å². The monoisotopic (exact) mass is 374 g/mol. The first-order valence-electron chi connectivity index (χ1n) is 10.2. The molecule has 1 heterocycles. The summed E-state index contributed by atoms with van der Waals surface area (Å²) in [6.07, 6.45) is 9.86. The molecule has 1 aromatic carbocycles. The van der Waals surface area contributed by atoms with Crippen molar-refractivity contribution < 1.29 is 9.84 Å². The van der Waals surface area contributed by atoms with E-state index < -0.39 is 4.75 Å². The van der Waals surface area contributed by atoms with Gasteiger partial charge < -0.3 is 9.84 Å².